The first-order valence-corrected chi connectivity index (χ1v) is 6.65. The van der Waals surface area contributed by atoms with Crippen molar-refractivity contribution in [1.82, 2.24) is 14.8 Å². The van der Waals surface area contributed by atoms with E-state index in [1.54, 1.807) is 24.5 Å². The van der Waals surface area contributed by atoms with E-state index < -0.39 is 0 Å². The Hall–Kier alpha value is -2.76. The summed E-state index contributed by atoms with van der Waals surface area (Å²) in [5.74, 6) is 0. The molecule has 106 valence electrons. The van der Waals surface area contributed by atoms with Gasteiger partial charge in [-0.1, -0.05) is 0 Å². The zero-order chi connectivity index (χ0) is 14.8. The van der Waals surface area contributed by atoms with Crippen LogP contribution in [0.15, 0.2) is 42.7 Å². The largest absolute Gasteiger partial charge is 0.271 e. The lowest BCUT2D eigenvalue weighted by molar-refractivity contribution is -0.384. The van der Waals surface area contributed by atoms with E-state index in [4.69, 9.17) is 0 Å². The number of hydrogen-bond donors (Lipinski definition) is 0. The Morgan fingerprint density at radius 2 is 2.00 bits per heavy atom. The van der Waals surface area contributed by atoms with E-state index in [2.05, 4.69) is 10.1 Å². The lowest BCUT2D eigenvalue weighted by atomic mass is 10.2. The summed E-state index contributed by atoms with van der Waals surface area (Å²) in [5, 5.41) is 16.3. The predicted molar refractivity (Wildman–Crippen MR) is 79.1 cm³/mol. The third-order valence-electron chi connectivity index (χ3n) is 3.49. The van der Waals surface area contributed by atoms with Gasteiger partial charge < -0.3 is 0 Å². The molecule has 1 aromatic carbocycles. The first kappa shape index (κ1) is 13.2. The molecule has 2 heterocycles. The highest BCUT2D eigenvalue weighted by Gasteiger charge is 2.12. The van der Waals surface area contributed by atoms with E-state index in [-0.39, 0.29) is 10.6 Å². The molecule has 0 amide bonds. The Morgan fingerprint density at radius 3 is 2.71 bits per heavy atom. The summed E-state index contributed by atoms with van der Waals surface area (Å²) in [6.45, 7) is 2.59. The molecular formula is C15H14N4O2. The van der Waals surface area contributed by atoms with Gasteiger partial charge in [0.25, 0.3) is 5.69 Å². The van der Waals surface area contributed by atoms with Crippen molar-refractivity contribution in [2.45, 2.75) is 19.9 Å². The monoisotopic (exact) mass is 282 g/mol. The SMILES string of the molecule is Cc1nn(CCc2ccncc2)c2cc([N+](=O)[O-])ccc12. The summed E-state index contributed by atoms with van der Waals surface area (Å²) in [5.41, 5.74) is 2.94. The maximum Gasteiger partial charge on any atom is 0.271 e. The van der Waals surface area contributed by atoms with E-state index in [0.29, 0.717) is 6.54 Å². The summed E-state index contributed by atoms with van der Waals surface area (Å²) in [6.07, 6.45) is 4.32. The summed E-state index contributed by atoms with van der Waals surface area (Å²) >= 11 is 0. The number of nitro benzene ring substituents is 1. The molecule has 0 fully saturated rings. The minimum atomic E-state index is -0.380. The van der Waals surface area contributed by atoms with E-state index in [0.717, 1.165) is 28.6 Å². The minimum absolute atomic E-state index is 0.0903. The topological polar surface area (TPSA) is 73.8 Å². The van der Waals surface area contributed by atoms with E-state index in [9.17, 15) is 10.1 Å². The van der Waals surface area contributed by atoms with Crippen LogP contribution in [-0.2, 0) is 13.0 Å². The molecule has 0 aliphatic carbocycles. The van der Waals surface area contributed by atoms with E-state index in [1.165, 1.54) is 6.07 Å². The molecule has 6 heteroatoms. The number of nitrogens with zero attached hydrogens (tertiary/aromatic N) is 4. The maximum absolute atomic E-state index is 10.9. The van der Waals surface area contributed by atoms with Gasteiger partial charge in [0, 0.05) is 36.5 Å². The van der Waals surface area contributed by atoms with Crippen molar-refractivity contribution in [3.63, 3.8) is 0 Å². The molecule has 6 nitrogen and oxygen atoms in total. The van der Waals surface area contributed by atoms with Crippen LogP contribution in [0, 0.1) is 17.0 Å². The average molecular weight is 282 g/mol. The molecule has 0 bridgehead atoms. The third-order valence-corrected chi connectivity index (χ3v) is 3.49. The summed E-state index contributed by atoms with van der Waals surface area (Å²) < 4.78 is 1.83. The molecule has 0 unspecified atom stereocenters. The molecule has 0 saturated carbocycles. The van der Waals surface area contributed by atoms with Gasteiger partial charge in [0.2, 0.25) is 0 Å². The molecule has 0 saturated heterocycles. The van der Waals surface area contributed by atoms with Crippen LogP contribution in [0.4, 0.5) is 5.69 Å². The molecule has 2 aromatic heterocycles. The van der Waals surface area contributed by atoms with Crippen LogP contribution in [0.2, 0.25) is 0 Å². The van der Waals surface area contributed by atoms with Crippen LogP contribution in [0.5, 0.6) is 0 Å². The van der Waals surface area contributed by atoms with Gasteiger partial charge in [-0.15, -0.1) is 0 Å². The Kier molecular flexibility index (Phi) is 3.35. The van der Waals surface area contributed by atoms with Crippen LogP contribution >= 0.6 is 0 Å². The first-order chi connectivity index (χ1) is 10.1. The second-order valence-corrected chi connectivity index (χ2v) is 4.87. The number of nitro groups is 1. The number of benzene rings is 1. The van der Waals surface area contributed by atoms with Gasteiger partial charge in [-0.05, 0) is 37.1 Å². The smallest absolute Gasteiger partial charge is 0.265 e. The van der Waals surface area contributed by atoms with Gasteiger partial charge in [-0.25, -0.2) is 0 Å². The molecular weight excluding hydrogens is 268 g/mol. The average Bonchev–Trinajstić information content (AvgIpc) is 2.82. The fraction of sp³-hybridized carbons (Fsp3) is 0.200. The molecule has 0 atom stereocenters. The van der Waals surface area contributed by atoms with Crippen LogP contribution in [0.3, 0.4) is 0 Å². The highest BCUT2D eigenvalue weighted by atomic mass is 16.6. The molecule has 0 spiro atoms. The summed E-state index contributed by atoms with van der Waals surface area (Å²) in [6, 6.07) is 8.78. The molecule has 0 aliphatic rings. The molecule has 0 N–H and O–H groups in total. The van der Waals surface area contributed by atoms with Gasteiger partial charge in [0.15, 0.2) is 0 Å². The predicted octanol–water partition coefficient (Wildman–Crippen LogP) is 2.89. The Labute approximate surface area is 121 Å². The van der Waals surface area contributed by atoms with E-state index in [1.807, 2.05) is 23.7 Å². The lowest BCUT2D eigenvalue weighted by Crippen LogP contribution is -2.03. The quantitative estimate of drug-likeness (QED) is 0.544. The number of aryl methyl sites for hydroxylation is 3. The number of fused-ring (bicyclic) bond motifs is 1. The van der Waals surface area contributed by atoms with Crippen LogP contribution < -0.4 is 0 Å². The Morgan fingerprint density at radius 1 is 1.24 bits per heavy atom. The normalized spacial score (nSPS) is 10.9. The molecule has 3 rings (SSSR count). The van der Waals surface area contributed by atoms with Crippen LogP contribution in [0.25, 0.3) is 10.9 Å². The number of non-ortho nitro benzene ring substituents is 1. The second-order valence-electron chi connectivity index (χ2n) is 4.87. The Balaban J connectivity index is 1.94. The zero-order valence-corrected chi connectivity index (χ0v) is 11.6. The molecule has 21 heavy (non-hydrogen) atoms. The van der Waals surface area contributed by atoms with Crippen molar-refractivity contribution >= 4 is 16.6 Å². The van der Waals surface area contributed by atoms with Crippen molar-refractivity contribution in [3.05, 3.63) is 64.1 Å². The first-order valence-electron chi connectivity index (χ1n) is 6.65. The zero-order valence-electron chi connectivity index (χ0n) is 11.6. The van der Waals surface area contributed by atoms with Crippen molar-refractivity contribution in [3.8, 4) is 0 Å². The molecule has 3 aromatic rings. The number of aromatic nitrogens is 3. The fourth-order valence-corrected chi connectivity index (χ4v) is 2.40. The van der Waals surface area contributed by atoms with Crippen molar-refractivity contribution in [1.29, 1.82) is 0 Å². The fourth-order valence-electron chi connectivity index (χ4n) is 2.40. The lowest BCUT2D eigenvalue weighted by Gasteiger charge is -2.03. The maximum atomic E-state index is 10.9. The van der Waals surface area contributed by atoms with Gasteiger partial charge >= 0.3 is 0 Å². The van der Waals surface area contributed by atoms with Crippen molar-refractivity contribution in [2.24, 2.45) is 0 Å². The number of hydrogen-bond acceptors (Lipinski definition) is 4. The van der Waals surface area contributed by atoms with Crippen LogP contribution in [-0.4, -0.2) is 19.7 Å². The summed E-state index contributed by atoms with van der Waals surface area (Å²) in [4.78, 5) is 14.5. The van der Waals surface area contributed by atoms with Crippen LogP contribution in [0.1, 0.15) is 11.3 Å². The van der Waals surface area contributed by atoms with Crippen molar-refractivity contribution < 1.29 is 4.92 Å². The van der Waals surface area contributed by atoms with Gasteiger partial charge in [-0.3, -0.25) is 19.8 Å². The third kappa shape index (κ3) is 2.60. The van der Waals surface area contributed by atoms with Crippen molar-refractivity contribution in [2.75, 3.05) is 0 Å². The summed E-state index contributed by atoms with van der Waals surface area (Å²) in [7, 11) is 0. The minimum Gasteiger partial charge on any atom is -0.265 e. The van der Waals surface area contributed by atoms with Gasteiger partial charge in [0.1, 0.15) is 0 Å². The molecule has 0 radical (unpaired) electrons. The second kappa shape index (κ2) is 5.32. The Bertz CT molecular complexity index is 796. The van der Waals surface area contributed by atoms with Gasteiger partial charge in [-0.2, -0.15) is 5.10 Å². The number of rotatable bonds is 4. The molecule has 0 aliphatic heterocycles. The van der Waals surface area contributed by atoms with Gasteiger partial charge in [0.05, 0.1) is 16.1 Å². The highest BCUT2D eigenvalue weighted by molar-refractivity contribution is 5.83. The number of pyridine rings is 1. The standard InChI is InChI=1S/C15H14N4O2/c1-11-14-3-2-13(19(20)21)10-15(14)18(17-11)9-6-12-4-7-16-8-5-12/h2-5,7-8,10H,6,9H2,1H3. The highest BCUT2D eigenvalue weighted by Crippen LogP contribution is 2.23. The van der Waals surface area contributed by atoms with E-state index >= 15 is 0 Å².